The standard InChI is InChI=1S/C18H21N3O2/c1-13-7-6-8-14(11-13)17(12-18(22-2)23-3)21-16-10-5-4-9-15(16)19-20-21/h4-11,17-18H,12H2,1-3H3. The van der Waals surface area contributed by atoms with Crippen LogP contribution in [-0.4, -0.2) is 35.5 Å². The molecule has 1 heterocycles. The first-order valence-electron chi connectivity index (χ1n) is 7.65. The number of ether oxygens (including phenoxy) is 2. The molecule has 1 unspecified atom stereocenters. The fraction of sp³-hybridized carbons (Fsp3) is 0.333. The summed E-state index contributed by atoms with van der Waals surface area (Å²) in [7, 11) is 3.31. The van der Waals surface area contributed by atoms with Crippen LogP contribution in [0, 0.1) is 6.92 Å². The normalized spacial score (nSPS) is 12.9. The maximum absolute atomic E-state index is 5.41. The first-order valence-corrected chi connectivity index (χ1v) is 7.65. The third-order valence-corrected chi connectivity index (χ3v) is 4.04. The van der Waals surface area contributed by atoms with Crippen LogP contribution in [0.4, 0.5) is 0 Å². The van der Waals surface area contributed by atoms with Gasteiger partial charge in [-0.25, -0.2) is 4.68 Å². The average Bonchev–Trinajstić information content (AvgIpc) is 3.00. The molecule has 0 aliphatic heterocycles. The number of aryl methyl sites for hydroxylation is 1. The van der Waals surface area contributed by atoms with E-state index in [4.69, 9.17) is 9.47 Å². The summed E-state index contributed by atoms with van der Waals surface area (Å²) in [6, 6.07) is 16.4. The molecule has 1 aromatic heterocycles. The fourth-order valence-corrected chi connectivity index (χ4v) is 2.84. The van der Waals surface area contributed by atoms with Gasteiger partial charge in [0.25, 0.3) is 0 Å². The van der Waals surface area contributed by atoms with Gasteiger partial charge in [-0.2, -0.15) is 0 Å². The van der Waals surface area contributed by atoms with Crippen LogP contribution >= 0.6 is 0 Å². The van der Waals surface area contributed by atoms with Crippen LogP contribution in [0.1, 0.15) is 23.6 Å². The van der Waals surface area contributed by atoms with Crippen LogP contribution in [0.5, 0.6) is 0 Å². The van der Waals surface area contributed by atoms with Crippen LogP contribution in [0.3, 0.4) is 0 Å². The van der Waals surface area contributed by atoms with Gasteiger partial charge in [-0.15, -0.1) is 5.10 Å². The van der Waals surface area contributed by atoms with E-state index >= 15 is 0 Å². The zero-order valence-corrected chi connectivity index (χ0v) is 13.6. The van der Waals surface area contributed by atoms with Gasteiger partial charge in [0.15, 0.2) is 6.29 Å². The Labute approximate surface area is 135 Å². The van der Waals surface area contributed by atoms with Gasteiger partial charge in [0.1, 0.15) is 5.52 Å². The molecular formula is C18H21N3O2. The molecule has 0 bridgehead atoms. The maximum atomic E-state index is 5.41. The topological polar surface area (TPSA) is 49.2 Å². The van der Waals surface area contributed by atoms with Crippen molar-refractivity contribution < 1.29 is 9.47 Å². The lowest BCUT2D eigenvalue weighted by molar-refractivity contribution is -0.111. The van der Waals surface area contributed by atoms with Gasteiger partial charge in [-0.05, 0) is 24.6 Å². The second kappa shape index (κ2) is 6.89. The first-order chi connectivity index (χ1) is 11.2. The Morgan fingerprint density at radius 3 is 2.57 bits per heavy atom. The highest BCUT2D eigenvalue weighted by Crippen LogP contribution is 2.27. The Kier molecular flexibility index (Phi) is 4.69. The van der Waals surface area contributed by atoms with E-state index in [1.165, 1.54) is 11.1 Å². The number of fused-ring (bicyclic) bond motifs is 1. The van der Waals surface area contributed by atoms with E-state index in [1.807, 2.05) is 28.9 Å². The van der Waals surface area contributed by atoms with Crippen LogP contribution < -0.4 is 0 Å². The number of rotatable bonds is 6. The van der Waals surface area contributed by atoms with Crippen molar-refractivity contribution in [3.63, 3.8) is 0 Å². The van der Waals surface area contributed by atoms with Crippen molar-refractivity contribution in [2.24, 2.45) is 0 Å². The predicted molar refractivity (Wildman–Crippen MR) is 89.3 cm³/mol. The summed E-state index contributed by atoms with van der Waals surface area (Å²) < 4.78 is 12.8. The summed E-state index contributed by atoms with van der Waals surface area (Å²) in [4.78, 5) is 0. The van der Waals surface area contributed by atoms with Gasteiger partial charge in [-0.3, -0.25) is 0 Å². The summed E-state index contributed by atoms with van der Waals surface area (Å²) >= 11 is 0. The fourth-order valence-electron chi connectivity index (χ4n) is 2.84. The van der Waals surface area contributed by atoms with Crippen molar-refractivity contribution in [1.29, 1.82) is 0 Å². The smallest absolute Gasteiger partial charge is 0.159 e. The second-order valence-corrected chi connectivity index (χ2v) is 5.59. The SMILES string of the molecule is COC(CC(c1cccc(C)c1)n1nnc2ccccc21)OC. The molecular weight excluding hydrogens is 290 g/mol. The highest BCUT2D eigenvalue weighted by Gasteiger charge is 2.22. The average molecular weight is 311 g/mol. The number of para-hydroxylation sites is 1. The van der Waals surface area contributed by atoms with Crippen molar-refractivity contribution >= 4 is 11.0 Å². The summed E-state index contributed by atoms with van der Waals surface area (Å²) in [5.41, 5.74) is 4.27. The molecule has 0 N–H and O–H groups in total. The lowest BCUT2D eigenvalue weighted by atomic mass is 10.0. The third-order valence-electron chi connectivity index (χ3n) is 4.04. The molecule has 0 aliphatic rings. The molecule has 120 valence electrons. The number of hydrogen-bond acceptors (Lipinski definition) is 4. The van der Waals surface area contributed by atoms with Crippen LogP contribution in [0.15, 0.2) is 48.5 Å². The van der Waals surface area contributed by atoms with Crippen molar-refractivity contribution in [1.82, 2.24) is 15.0 Å². The molecule has 0 aliphatic carbocycles. The summed E-state index contributed by atoms with van der Waals surface area (Å²) in [6.45, 7) is 2.09. The molecule has 0 spiro atoms. The van der Waals surface area contributed by atoms with Gasteiger partial charge >= 0.3 is 0 Å². The quantitative estimate of drug-likeness (QED) is 0.655. The summed E-state index contributed by atoms with van der Waals surface area (Å²) in [5, 5.41) is 8.66. The minimum atomic E-state index is -0.302. The van der Waals surface area contributed by atoms with Crippen LogP contribution in [0.2, 0.25) is 0 Å². The second-order valence-electron chi connectivity index (χ2n) is 5.59. The van der Waals surface area contributed by atoms with E-state index < -0.39 is 0 Å². The Hall–Kier alpha value is -2.24. The Bertz CT molecular complexity index is 781. The number of aromatic nitrogens is 3. The molecule has 0 saturated heterocycles. The molecule has 23 heavy (non-hydrogen) atoms. The Morgan fingerprint density at radius 1 is 1.04 bits per heavy atom. The minimum absolute atomic E-state index is 0.00722. The Morgan fingerprint density at radius 2 is 1.83 bits per heavy atom. The molecule has 2 aromatic carbocycles. The molecule has 5 nitrogen and oxygen atoms in total. The number of hydrogen-bond donors (Lipinski definition) is 0. The lowest BCUT2D eigenvalue weighted by Gasteiger charge is -2.23. The molecule has 3 rings (SSSR count). The van der Waals surface area contributed by atoms with E-state index in [2.05, 4.69) is 41.5 Å². The van der Waals surface area contributed by atoms with Gasteiger partial charge < -0.3 is 9.47 Å². The molecule has 0 radical (unpaired) electrons. The summed E-state index contributed by atoms with van der Waals surface area (Å²) in [6.07, 6.45) is 0.354. The zero-order valence-electron chi connectivity index (χ0n) is 13.6. The van der Waals surface area contributed by atoms with E-state index in [1.54, 1.807) is 14.2 Å². The van der Waals surface area contributed by atoms with E-state index in [0.29, 0.717) is 6.42 Å². The van der Waals surface area contributed by atoms with Gasteiger partial charge in [0.2, 0.25) is 0 Å². The van der Waals surface area contributed by atoms with E-state index in [-0.39, 0.29) is 12.3 Å². The molecule has 0 amide bonds. The highest BCUT2D eigenvalue weighted by molar-refractivity contribution is 5.74. The van der Waals surface area contributed by atoms with Crippen LogP contribution in [-0.2, 0) is 9.47 Å². The molecule has 3 aromatic rings. The minimum Gasteiger partial charge on any atom is -0.356 e. The van der Waals surface area contributed by atoms with Crippen molar-refractivity contribution in [3.05, 3.63) is 59.7 Å². The molecule has 5 heteroatoms. The van der Waals surface area contributed by atoms with Crippen LogP contribution in [0.25, 0.3) is 11.0 Å². The first kappa shape index (κ1) is 15.6. The molecule has 0 saturated carbocycles. The van der Waals surface area contributed by atoms with Gasteiger partial charge in [-0.1, -0.05) is 47.2 Å². The van der Waals surface area contributed by atoms with Crippen molar-refractivity contribution in [2.75, 3.05) is 14.2 Å². The Balaban J connectivity index is 2.07. The number of nitrogens with zero attached hydrogens (tertiary/aromatic N) is 3. The van der Waals surface area contributed by atoms with Gasteiger partial charge in [0.05, 0.1) is 11.6 Å². The van der Waals surface area contributed by atoms with E-state index in [0.717, 1.165) is 11.0 Å². The number of benzene rings is 2. The van der Waals surface area contributed by atoms with Crippen molar-refractivity contribution in [2.45, 2.75) is 25.7 Å². The molecule has 0 fully saturated rings. The summed E-state index contributed by atoms with van der Waals surface area (Å²) in [5.74, 6) is 0. The molecule has 1 atom stereocenters. The van der Waals surface area contributed by atoms with Gasteiger partial charge in [0, 0.05) is 20.6 Å². The van der Waals surface area contributed by atoms with E-state index in [9.17, 15) is 0 Å². The predicted octanol–water partition coefficient (Wildman–Crippen LogP) is 3.34. The largest absolute Gasteiger partial charge is 0.356 e. The highest BCUT2D eigenvalue weighted by atomic mass is 16.7. The monoisotopic (exact) mass is 311 g/mol. The third kappa shape index (κ3) is 3.25. The maximum Gasteiger partial charge on any atom is 0.159 e. The number of methoxy groups -OCH3 is 2. The zero-order chi connectivity index (χ0) is 16.2. The lowest BCUT2D eigenvalue weighted by Crippen LogP contribution is -2.22. The van der Waals surface area contributed by atoms with Crippen molar-refractivity contribution in [3.8, 4) is 0 Å².